The summed E-state index contributed by atoms with van der Waals surface area (Å²) in [4.78, 5) is 22.0. The van der Waals surface area contributed by atoms with E-state index in [-0.39, 0.29) is 11.8 Å². The van der Waals surface area contributed by atoms with Crippen molar-refractivity contribution in [2.45, 2.75) is 32.6 Å². The number of carbonyl (C=O) groups excluding carboxylic acids is 2. The van der Waals surface area contributed by atoms with Gasteiger partial charge < -0.3 is 10.1 Å². The predicted molar refractivity (Wildman–Crippen MR) is 75.4 cm³/mol. The molecular weight excluding hydrogens is 242 g/mol. The zero-order valence-corrected chi connectivity index (χ0v) is 11.6. The van der Waals surface area contributed by atoms with Crippen molar-refractivity contribution in [2.75, 3.05) is 19.0 Å². The minimum absolute atomic E-state index is 0.0781. The maximum atomic E-state index is 11.1. The Hall–Kier alpha value is -1.84. The number of carbonyl (C=O) groups is 2. The smallest absolute Gasteiger partial charge is 0.305 e. The van der Waals surface area contributed by atoms with Crippen molar-refractivity contribution in [3.05, 3.63) is 29.8 Å². The fourth-order valence-corrected chi connectivity index (χ4v) is 1.73. The van der Waals surface area contributed by atoms with E-state index in [2.05, 4.69) is 10.1 Å². The van der Waals surface area contributed by atoms with E-state index >= 15 is 0 Å². The van der Waals surface area contributed by atoms with Crippen LogP contribution in [0.2, 0.25) is 0 Å². The zero-order chi connectivity index (χ0) is 14.1. The van der Waals surface area contributed by atoms with Crippen molar-refractivity contribution in [3.63, 3.8) is 0 Å². The number of anilines is 1. The van der Waals surface area contributed by atoms with E-state index in [1.807, 2.05) is 24.3 Å². The first-order valence-electron chi connectivity index (χ1n) is 6.55. The third kappa shape index (κ3) is 6.04. The maximum Gasteiger partial charge on any atom is 0.305 e. The maximum absolute atomic E-state index is 11.1. The van der Waals surface area contributed by atoms with Gasteiger partial charge in [0.25, 0.3) is 0 Å². The fraction of sp³-hybridized carbons (Fsp3) is 0.467. The van der Waals surface area contributed by atoms with Gasteiger partial charge in [-0.15, -0.1) is 0 Å². The van der Waals surface area contributed by atoms with Crippen LogP contribution in [0.3, 0.4) is 0 Å². The SMILES string of the molecule is COC(=O)CCCCCNc1ccc(C(C)=O)cc1. The van der Waals surface area contributed by atoms with Crippen LogP contribution in [0, 0.1) is 0 Å². The molecule has 0 bridgehead atoms. The van der Waals surface area contributed by atoms with Gasteiger partial charge in [0.1, 0.15) is 0 Å². The molecule has 4 nitrogen and oxygen atoms in total. The molecule has 0 spiro atoms. The molecule has 1 rings (SSSR count). The molecule has 0 aromatic heterocycles. The van der Waals surface area contributed by atoms with E-state index in [4.69, 9.17) is 0 Å². The molecule has 1 aromatic carbocycles. The zero-order valence-electron chi connectivity index (χ0n) is 11.6. The molecule has 0 fully saturated rings. The lowest BCUT2D eigenvalue weighted by Crippen LogP contribution is -2.03. The summed E-state index contributed by atoms with van der Waals surface area (Å²) in [7, 11) is 1.41. The number of methoxy groups -OCH3 is 1. The monoisotopic (exact) mass is 263 g/mol. The number of benzene rings is 1. The molecule has 1 N–H and O–H groups in total. The van der Waals surface area contributed by atoms with Gasteiger partial charge in [0.15, 0.2) is 5.78 Å². The highest BCUT2D eigenvalue weighted by atomic mass is 16.5. The van der Waals surface area contributed by atoms with E-state index in [9.17, 15) is 9.59 Å². The molecule has 0 saturated heterocycles. The Morgan fingerprint density at radius 1 is 1.11 bits per heavy atom. The van der Waals surface area contributed by atoms with Crippen molar-refractivity contribution in [2.24, 2.45) is 0 Å². The molecule has 4 heteroatoms. The Morgan fingerprint density at radius 2 is 1.79 bits per heavy atom. The highest BCUT2D eigenvalue weighted by Gasteiger charge is 2.00. The third-order valence-corrected chi connectivity index (χ3v) is 2.91. The molecule has 0 radical (unpaired) electrons. The Bertz CT molecular complexity index is 412. The molecule has 1 aromatic rings. The summed E-state index contributed by atoms with van der Waals surface area (Å²) < 4.78 is 4.57. The van der Waals surface area contributed by atoms with Gasteiger partial charge >= 0.3 is 5.97 Å². The predicted octanol–water partition coefficient (Wildman–Crippen LogP) is 3.03. The summed E-state index contributed by atoms with van der Waals surface area (Å²) >= 11 is 0. The lowest BCUT2D eigenvalue weighted by Gasteiger charge is -2.06. The minimum Gasteiger partial charge on any atom is -0.469 e. The average molecular weight is 263 g/mol. The Labute approximate surface area is 114 Å². The summed E-state index contributed by atoms with van der Waals surface area (Å²) in [6, 6.07) is 7.46. The highest BCUT2D eigenvalue weighted by molar-refractivity contribution is 5.94. The van der Waals surface area contributed by atoms with Gasteiger partial charge in [0.2, 0.25) is 0 Å². The van der Waals surface area contributed by atoms with Crippen molar-refractivity contribution in [1.29, 1.82) is 0 Å². The van der Waals surface area contributed by atoms with Crippen LogP contribution >= 0.6 is 0 Å². The molecule has 0 amide bonds. The Morgan fingerprint density at radius 3 is 2.37 bits per heavy atom. The van der Waals surface area contributed by atoms with Crippen LogP contribution in [0.5, 0.6) is 0 Å². The fourth-order valence-electron chi connectivity index (χ4n) is 1.73. The van der Waals surface area contributed by atoms with Crippen LogP contribution in [0.15, 0.2) is 24.3 Å². The number of Topliss-reactive ketones (excluding diaryl/α,β-unsaturated/α-hetero) is 1. The highest BCUT2D eigenvalue weighted by Crippen LogP contribution is 2.10. The van der Waals surface area contributed by atoms with E-state index < -0.39 is 0 Å². The molecule has 0 unspecified atom stereocenters. The van der Waals surface area contributed by atoms with Crippen LogP contribution in [-0.2, 0) is 9.53 Å². The number of esters is 1. The quantitative estimate of drug-likeness (QED) is 0.445. The molecule has 0 saturated carbocycles. The van der Waals surface area contributed by atoms with E-state index in [0.717, 1.165) is 37.1 Å². The first kappa shape index (κ1) is 15.2. The number of ether oxygens (including phenoxy) is 1. The third-order valence-electron chi connectivity index (χ3n) is 2.91. The number of unbranched alkanes of at least 4 members (excludes halogenated alkanes) is 2. The van der Waals surface area contributed by atoms with Gasteiger partial charge in [0.05, 0.1) is 7.11 Å². The number of hydrogen-bond acceptors (Lipinski definition) is 4. The van der Waals surface area contributed by atoms with Crippen molar-refractivity contribution in [3.8, 4) is 0 Å². The molecular formula is C15H21NO3. The topological polar surface area (TPSA) is 55.4 Å². The van der Waals surface area contributed by atoms with Crippen LogP contribution < -0.4 is 5.32 Å². The van der Waals surface area contributed by atoms with Gasteiger partial charge in [0, 0.05) is 24.2 Å². The molecule has 0 aliphatic carbocycles. The lowest BCUT2D eigenvalue weighted by atomic mass is 10.1. The van der Waals surface area contributed by atoms with Gasteiger partial charge in [-0.25, -0.2) is 0 Å². The summed E-state index contributed by atoms with van der Waals surface area (Å²) in [6.45, 7) is 2.42. The molecule has 104 valence electrons. The molecule has 0 atom stereocenters. The summed E-state index contributed by atoms with van der Waals surface area (Å²) in [6.07, 6.45) is 3.35. The Balaban J connectivity index is 2.15. The summed E-state index contributed by atoms with van der Waals surface area (Å²) in [5.74, 6) is -0.0675. The van der Waals surface area contributed by atoms with E-state index in [0.29, 0.717) is 6.42 Å². The van der Waals surface area contributed by atoms with E-state index in [1.165, 1.54) is 7.11 Å². The van der Waals surface area contributed by atoms with Gasteiger partial charge in [-0.2, -0.15) is 0 Å². The van der Waals surface area contributed by atoms with Crippen LogP contribution in [0.4, 0.5) is 5.69 Å². The summed E-state index contributed by atoms with van der Waals surface area (Å²) in [5, 5.41) is 3.29. The lowest BCUT2D eigenvalue weighted by molar-refractivity contribution is -0.140. The van der Waals surface area contributed by atoms with Gasteiger partial charge in [-0.3, -0.25) is 9.59 Å². The van der Waals surface area contributed by atoms with Crippen LogP contribution in [-0.4, -0.2) is 25.4 Å². The molecule has 0 aliphatic rings. The second-order valence-corrected chi connectivity index (χ2v) is 4.45. The largest absolute Gasteiger partial charge is 0.469 e. The number of rotatable bonds is 8. The van der Waals surface area contributed by atoms with Gasteiger partial charge in [-0.05, 0) is 44.0 Å². The normalized spacial score (nSPS) is 10.0. The number of ketones is 1. The molecule has 0 aliphatic heterocycles. The van der Waals surface area contributed by atoms with Crippen molar-refractivity contribution >= 4 is 17.4 Å². The average Bonchev–Trinajstić information content (AvgIpc) is 2.42. The van der Waals surface area contributed by atoms with Crippen LogP contribution in [0.25, 0.3) is 0 Å². The minimum atomic E-state index is -0.146. The second-order valence-electron chi connectivity index (χ2n) is 4.45. The van der Waals surface area contributed by atoms with E-state index in [1.54, 1.807) is 6.92 Å². The number of hydrogen-bond donors (Lipinski definition) is 1. The second kappa shape index (κ2) is 8.29. The first-order chi connectivity index (χ1) is 9.13. The van der Waals surface area contributed by atoms with Gasteiger partial charge in [-0.1, -0.05) is 6.42 Å². The molecule has 19 heavy (non-hydrogen) atoms. The van der Waals surface area contributed by atoms with Crippen LogP contribution in [0.1, 0.15) is 43.0 Å². The summed E-state index contributed by atoms with van der Waals surface area (Å²) in [5.41, 5.74) is 1.74. The van der Waals surface area contributed by atoms with Crippen molar-refractivity contribution in [1.82, 2.24) is 0 Å². The Kier molecular flexibility index (Phi) is 6.64. The van der Waals surface area contributed by atoms with Crippen molar-refractivity contribution < 1.29 is 14.3 Å². The molecule has 0 heterocycles. The standard InChI is InChI=1S/C15H21NO3/c1-12(17)13-7-9-14(10-8-13)16-11-5-3-4-6-15(18)19-2/h7-10,16H,3-6,11H2,1-2H3. The first-order valence-corrected chi connectivity index (χ1v) is 6.55. The number of nitrogens with one attached hydrogen (secondary N) is 1.